The van der Waals surface area contributed by atoms with E-state index in [2.05, 4.69) is 10.0 Å². The molecule has 28 heavy (non-hydrogen) atoms. The molecule has 0 N–H and O–H groups in total. The molecule has 0 aromatic heterocycles. The SMILES string of the molecule is CC(=O)O[C@H]1C(CN=[N+]=[N-])O[C@@H](OCCCCC(=O)OC(C)(C)C)C(C)[C@H]1C. The number of hydrogen-bond donors (Lipinski definition) is 0. The van der Waals surface area contributed by atoms with Gasteiger partial charge in [-0.2, -0.15) is 0 Å². The van der Waals surface area contributed by atoms with Gasteiger partial charge in [-0.15, -0.1) is 0 Å². The highest BCUT2D eigenvalue weighted by atomic mass is 16.7. The van der Waals surface area contributed by atoms with Gasteiger partial charge in [-0.3, -0.25) is 9.59 Å². The maximum absolute atomic E-state index is 11.7. The summed E-state index contributed by atoms with van der Waals surface area (Å²) in [4.78, 5) is 25.9. The molecule has 0 spiro atoms. The van der Waals surface area contributed by atoms with Gasteiger partial charge in [0.15, 0.2) is 6.29 Å². The van der Waals surface area contributed by atoms with Gasteiger partial charge >= 0.3 is 11.9 Å². The number of carbonyl (C=O) groups is 2. The topological polar surface area (TPSA) is 120 Å². The standard InChI is InChI=1S/C19H33N3O6/c1-12-13(2)18(25-10-8-7-9-16(24)28-19(4,5)6)27-15(11-21-22-20)17(12)26-14(3)23/h12-13,15,17-18H,7-11H2,1-6H3/t12-,13?,15?,17-,18-/m1/s1. The van der Waals surface area contributed by atoms with Gasteiger partial charge < -0.3 is 18.9 Å². The van der Waals surface area contributed by atoms with E-state index in [1.807, 2.05) is 34.6 Å². The lowest BCUT2D eigenvalue weighted by Gasteiger charge is -2.43. The summed E-state index contributed by atoms with van der Waals surface area (Å²) in [6.45, 7) is 11.3. The van der Waals surface area contributed by atoms with Crippen molar-refractivity contribution in [1.82, 2.24) is 0 Å². The van der Waals surface area contributed by atoms with Crippen LogP contribution in [0.2, 0.25) is 0 Å². The predicted octanol–water partition coefficient (Wildman–Crippen LogP) is 3.75. The molecular formula is C19H33N3O6. The zero-order valence-corrected chi connectivity index (χ0v) is 17.7. The molecule has 5 atom stereocenters. The summed E-state index contributed by atoms with van der Waals surface area (Å²) in [7, 11) is 0. The van der Waals surface area contributed by atoms with Crippen molar-refractivity contribution >= 4 is 11.9 Å². The van der Waals surface area contributed by atoms with Gasteiger partial charge in [0.2, 0.25) is 0 Å². The third-order valence-electron chi connectivity index (χ3n) is 4.56. The van der Waals surface area contributed by atoms with Gasteiger partial charge in [-0.05, 0) is 39.1 Å². The zero-order valence-electron chi connectivity index (χ0n) is 17.7. The Morgan fingerprint density at radius 1 is 1.18 bits per heavy atom. The average Bonchev–Trinajstić information content (AvgIpc) is 2.57. The van der Waals surface area contributed by atoms with Crippen LogP contribution < -0.4 is 0 Å². The summed E-state index contributed by atoms with van der Waals surface area (Å²) < 4.78 is 22.4. The largest absolute Gasteiger partial charge is 0.460 e. The van der Waals surface area contributed by atoms with Crippen LogP contribution in [0.15, 0.2) is 5.11 Å². The van der Waals surface area contributed by atoms with Gasteiger partial charge in [-0.1, -0.05) is 19.0 Å². The van der Waals surface area contributed by atoms with Crippen molar-refractivity contribution in [2.75, 3.05) is 13.2 Å². The normalized spacial score (nSPS) is 27.6. The van der Waals surface area contributed by atoms with Crippen molar-refractivity contribution < 1.29 is 28.5 Å². The van der Waals surface area contributed by atoms with E-state index in [1.54, 1.807) is 0 Å². The highest BCUT2D eigenvalue weighted by Gasteiger charge is 2.43. The maximum Gasteiger partial charge on any atom is 0.306 e. The highest BCUT2D eigenvalue weighted by molar-refractivity contribution is 5.69. The Hall–Kier alpha value is -1.83. The third kappa shape index (κ3) is 8.46. The first-order chi connectivity index (χ1) is 13.0. The minimum absolute atomic E-state index is 0.0162. The van der Waals surface area contributed by atoms with Crippen LogP contribution in [0.1, 0.15) is 60.8 Å². The second-order valence-corrected chi connectivity index (χ2v) is 8.16. The fraction of sp³-hybridized carbons (Fsp3) is 0.895. The predicted molar refractivity (Wildman–Crippen MR) is 102 cm³/mol. The fourth-order valence-corrected chi connectivity index (χ4v) is 3.05. The molecular weight excluding hydrogens is 366 g/mol. The molecule has 1 aliphatic rings. The van der Waals surface area contributed by atoms with Crippen LogP contribution in [0.4, 0.5) is 0 Å². The van der Waals surface area contributed by atoms with Crippen LogP contribution in [0.5, 0.6) is 0 Å². The number of hydrogen-bond acceptors (Lipinski definition) is 7. The number of nitrogens with zero attached hydrogens (tertiary/aromatic N) is 3. The number of azide groups is 1. The molecule has 160 valence electrons. The lowest BCUT2D eigenvalue weighted by atomic mass is 9.84. The minimum atomic E-state index is -0.558. The quantitative estimate of drug-likeness (QED) is 0.191. The Balaban J connectivity index is 2.51. The van der Waals surface area contributed by atoms with Crippen molar-refractivity contribution in [1.29, 1.82) is 0 Å². The number of carbonyl (C=O) groups excluding carboxylic acids is 2. The molecule has 1 fully saturated rings. The van der Waals surface area contributed by atoms with E-state index in [-0.39, 0.29) is 24.3 Å². The third-order valence-corrected chi connectivity index (χ3v) is 4.56. The molecule has 0 saturated carbocycles. The van der Waals surface area contributed by atoms with Crippen LogP contribution in [-0.4, -0.2) is 49.2 Å². The fourth-order valence-electron chi connectivity index (χ4n) is 3.05. The Bertz CT molecular complexity index is 571. The second kappa shape index (κ2) is 11.2. The average molecular weight is 399 g/mol. The highest BCUT2D eigenvalue weighted by Crippen LogP contribution is 2.33. The molecule has 9 nitrogen and oxygen atoms in total. The first kappa shape index (κ1) is 24.2. The number of rotatable bonds is 9. The van der Waals surface area contributed by atoms with E-state index < -0.39 is 30.1 Å². The summed E-state index contributed by atoms with van der Waals surface area (Å²) >= 11 is 0. The molecule has 0 aliphatic carbocycles. The molecule has 0 aromatic carbocycles. The molecule has 0 bridgehead atoms. The number of ether oxygens (including phenoxy) is 4. The van der Waals surface area contributed by atoms with Crippen LogP contribution in [0.25, 0.3) is 10.4 Å². The maximum atomic E-state index is 11.7. The molecule has 2 unspecified atom stereocenters. The molecule has 0 aromatic rings. The Kier molecular flexibility index (Phi) is 9.72. The van der Waals surface area contributed by atoms with Crippen LogP contribution >= 0.6 is 0 Å². The molecule has 9 heteroatoms. The van der Waals surface area contributed by atoms with Gasteiger partial charge in [0.1, 0.15) is 17.8 Å². The monoisotopic (exact) mass is 399 g/mol. The van der Waals surface area contributed by atoms with Gasteiger partial charge in [0.05, 0.1) is 6.54 Å². The summed E-state index contributed by atoms with van der Waals surface area (Å²) in [5, 5.41) is 3.56. The molecule has 1 rings (SSSR count). The smallest absolute Gasteiger partial charge is 0.306 e. The Morgan fingerprint density at radius 2 is 1.86 bits per heavy atom. The van der Waals surface area contributed by atoms with Crippen molar-refractivity contribution in [2.24, 2.45) is 17.0 Å². The molecule has 1 aliphatic heterocycles. The first-order valence-electron chi connectivity index (χ1n) is 9.72. The van der Waals surface area contributed by atoms with Crippen LogP contribution in [0.3, 0.4) is 0 Å². The Morgan fingerprint density at radius 3 is 2.43 bits per heavy atom. The van der Waals surface area contributed by atoms with Gasteiger partial charge in [0.25, 0.3) is 0 Å². The van der Waals surface area contributed by atoms with Gasteiger partial charge in [-0.25, -0.2) is 0 Å². The van der Waals surface area contributed by atoms with Crippen LogP contribution in [0, 0.1) is 11.8 Å². The van der Waals surface area contributed by atoms with E-state index in [9.17, 15) is 9.59 Å². The van der Waals surface area contributed by atoms with E-state index >= 15 is 0 Å². The summed E-state index contributed by atoms with van der Waals surface area (Å²) in [6, 6.07) is 0. The molecule has 0 radical (unpaired) electrons. The van der Waals surface area contributed by atoms with E-state index in [4.69, 9.17) is 24.5 Å². The summed E-state index contributed by atoms with van der Waals surface area (Å²) in [5.74, 6) is -0.664. The second-order valence-electron chi connectivity index (χ2n) is 8.16. The molecule has 1 saturated heterocycles. The van der Waals surface area contributed by atoms with E-state index in [1.165, 1.54) is 6.92 Å². The summed E-state index contributed by atoms with van der Waals surface area (Å²) in [5.41, 5.74) is 8.11. The lowest BCUT2D eigenvalue weighted by Crippen LogP contribution is -2.52. The molecule has 0 amide bonds. The number of unbranched alkanes of at least 4 members (excludes halogenated alkanes) is 1. The van der Waals surface area contributed by atoms with Gasteiger partial charge in [0, 0.05) is 36.7 Å². The van der Waals surface area contributed by atoms with Crippen LogP contribution in [-0.2, 0) is 28.5 Å². The first-order valence-corrected chi connectivity index (χ1v) is 9.72. The minimum Gasteiger partial charge on any atom is -0.460 e. The van der Waals surface area contributed by atoms with Crippen molar-refractivity contribution in [3.63, 3.8) is 0 Å². The zero-order chi connectivity index (χ0) is 21.3. The summed E-state index contributed by atoms with van der Waals surface area (Å²) in [6.07, 6.45) is 0.134. The lowest BCUT2D eigenvalue weighted by molar-refractivity contribution is -0.264. The van der Waals surface area contributed by atoms with Crippen molar-refractivity contribution in [2.45, 2.75) is 84.9 Å². The van der Waals surface area contributed by atoms with Crippen molar-refractivity contribution in [3.05, 3.63) is 10.4 Å². The molecule has 1 heterocycles. The Labute approximate surface area is 166 Å². The number of esters is 2. The van der Waals surface area contributed by atoms with E-state index in [0.717, 1.165) is 0 Å². The van der Waals surface area contributed by atoms with E-state index in [0.29, 0.717) is 25.9 Å². The van der Waals surface area contributed by atoms with Crippen molar-refractivity contribution in [3.8, 4) is 0 Å².